The maximum absolute atomic E-state index is 6.25. The number of rotatable bonds is 21. The van der Waals surface area contributed by atoms with Crippen LogP contribution < -0.4 is 24.2 Å². The van der Waals surface area contributed by atoms with Gasteiger partial charge in [0.15, 0.2) is 13.5 Å². The Balaban J connectivity index is 1.99. The van der Waals surface area contributed by atoms with Gasteiger partial charge in [0.05, 0.1) is 0 Å². The van der Waals surface area contributed by atoms with Crippen molar-refractivity contribution >= 4 is 17.8 Å². The van der Waals surface area contributed by atoms with E-state index in [0.717, 1.165) is 24.3 Å². The van der Waals surface area contributed by atoms with E-state index in [9.17, 15) is 0 Å². The van der Waals surface area contributed by atoms with E-state index in [0.29, 0.717) is 29.7 Å². The summed E-state index contributed by atoms with van der Waals surface area (Å²) < 4.78 is 34.1. The van der Waals surface area contributed by atoms with Crippen molar-refractivity contribution in [2.45, 2.75) is 52.4 Å². The quantitative estimate of drug-likeness (QED) is 0.133. The zero-order valence-corrected chi connectivity index (χ0v) is 28.1. The molecule has 12 nitrogen and oxygen atoms in total. The summed E-state index contributed by atoms with van der Waals surface area (Å²) in [6.07, 6.45) is 2.14. The Bertz CT molecular complexity index is 1150. The highest BCUT2D eigenvalue weighted by Gasteiger charge is 2.22. The Kier molecular flexibility index (Phi) is 15.1. The summed E-state index contributed by atoms with van der Waals surface area (Å²) >= 11 is 0. The Hall–Kier alpha value is -3.71. The van der Waals surface area contributed by atoms with Gasteiger partial charge in [-0.05, 0) is 60.1 Å². The van der Waals surface area contributed by atoms with Gasteiger partial charge in [0.25, 0.3) is 0 Å². The summed E-state index contributed by atoms with van der Waals surface area (Å²) in [5.74, 6) is 3.41. The molecular weight excluding hydrogens is 576 g/mol. The van der Waals surface area contributed by atoms with Gasteiger partial charge in [-0.25, -0.2) is 0 Å². The van der Waals surface area contributed by atoms with Gasteiger partial charge in [-0.15, -0.1) is 0 Å². The minimum absolute atomic E-state index is 0.111. The fourth-order valence-electron chi connectivity index (χ4n) is 4.41. The lowest BCUT2D eigenvalue weighted by Gasteiger charge is -2.28. The molecule has 0 fully saturated rings. The summed E-state index contributed by atoms with van der Waals surface area (Å²) in [5, 5.41) is 0. The number of hydrogen-bond acceptors (Lipinski definition) is 12. The SMILES string of the molecule is CCC(C)c1ccc(OCN(COc2ccc(C(C)CC)cc2)c2nc(N(COC)COC)nc(N(COC)COC)n2)cc1. The topological polar surface area (TPSA) is 104 Å². The molecule has 45 heavy (non-hydrogen) atoms. The van der Waals surface area contributed by atoms with E-state index in [1.165, 1.54) is 11.1 Å². The lowest BCUT2D eigenvalue weighted by Crippen LogP contribution is -2.37. The van der Waals surface area contributed by atoms with Crippen LogP contribution in [-0.2, 0) is 18.9 Å². The molecule has 2 unspecified atom stereocenters. The van der Waals surface area contributed by atoms with Gasteiger partial charge < -0.3 is 28.4 Å². The molecule has 0 N–H and O–H groups in total. The molecule has 0 saturated carbocycles. The van der Waals surface area contributed by atoms with Crippen LogP contribution in [0.25, 0.3) is 0 Å². The summed E-state index contributed by atoms with van der Waals surface area (Å²) in [5.41, 5.74) is 2.54. The van der Waals surface area contributed by atoms with Gasteiger partial charge in [-0.2, -0.15) is 15.0 Å². The van der Waals surface area contributed by atoms with Crippen LogP contribution in [0.15, 0.2) is 48.5 Å². The molecule has 0 aliphatic heterocycles. The first-order valence-corrected chi connectivity index (χ1v) is 15.3. The van der Waals surface area contributed by atoms with Gasteiger partial charge in [0.2, 0.25) is 17.8 Å². The highest BCUT2D eigenvalue weighted by Crippen LogP contribution is 2.25. The van der Waals surface area contributed by atoms with Crippen LogP contribution in [0.4, 0.5) is 17.8 Å². The van der Waals surface area contributed by atoms with Crippen LogP contribution in [0, 0.1) is 0 Å². The molecule has 1 heterocycles. The first-order chi connectivity index (χ1) is 21.9. The lowest BCUT2D eigenvalue weighted by molar-refractivity contribution is 0.136. The number of aromatic nitrogens is 3. The van der Waals surface area contributed by atoms with Crippen LogP contribution >= 0.6 is 0 Å². The Labute approximate surface area is 268 Å². The molecule has 2 atom stereocenters. The largest absolute Gasteiger partial charge is 0.473 e. The van der Waals surface area contributed by atoms with Gasteiger partial charge in [0, 0.05) is 28.4 Å². The third-order valence-corrected chi connectivity index (χ3v) is 7.49. The summed E-state index contributed by atoms with van der Waals surface area (Å²) in [6.45, 7) is 9.81. The van der Waals surface area contributed by atoms with Crippen molar-refractivity contribution in [2.24, 2.45) is 0 Å². The molecule has 0 aliphatic rings. The molecule has 3 aromatic rings. The van der Waals surface area contributed by atoms with E-state index < -0.39 is 0 Å². The second-order valence-electron chi connectivity index (χ2n) is 10.8. The summed E-state index contributed by atoms with van der Waals surface area (Å²) in [6, 6.07) is 16.3. The fraction of sp³-hybridized carbons (Fsp3) is 0.545. The molecule has 1 aromatic heterocycles. The average molecular weight is 627 g/mol. The smallest absolute Gasteiger partial charge is 0.237 e. The van der Waals surface area contributed by atoms with Crippen LogP contribution in [0.1, 0.15) is 63.5 Å². The van der Waals surface area contributed by atoms with Crippen LogP contribution in [0.3, 0.4) is 0 Å². The normalized spacial score (nSPS) is 12.4. The predicted octanol–water partition coefficient (Wildman–Crippen LogP) is 5.81. The fourth-order valence-corrected chi connectivity index (χ4v) is 4.41. The zero-order chi connectivity index (χ0) is 32.6. The van der Waals surface area contributed by atoms with Crippen LogP contribution in [-0.4, -0.2) is 83.8 Å². The van der Waals surface area contributed by atoms with Gasteiger partial charge in [-0.1, -0.05) is 52.0 Å². The van der Waals surface area contributed by atoms with Crippen molar-refractivity contribution in [3.05, 3.63) is 59.7 Å². The monoisotopic (exact) mass is 626 g/mol. The van der Waals surface area contributed by atoms with Crippen molar-refractivity contribution in [1.82, 2.24) is 15.0 Å². The number of benzene rings is 2. The van der Waals surface area contributed by atoms with Gasteiger partial charge in [-0.3, -0.25) is 14.7 Å². The van der Waals surface area contributed by atoms with Crippen molar-refractivity contribution < 1.29 is 28.4 Å². The third kappa shape index (κ3) is 10.7. The minimum atomic E-state index is 0.111. The standard InChI is InChI=1S/C33H50N6O6/c1-9-25(3)27-11-15-29(16-12-27)44-23-39(24-45-30-17-13-28(14-18-30)26(4)10-2)33-35-31(37(19-40-5)20-41-6)34-32(36-33)38(21-42-7)22-43-8/h11-18,25-26H,9-10,19-24H2,1-8H3. The molecule has 0 spiro atoms. The Morgan fingerprint density at radius 3 is 1.04 bits per heavy atom. The van der Waals surface area contributed by atoms with Crippen LogP contribution in [0.5, 0.6) is 11.5 Å². The Morgan fingerprint density at radius 2 is 0.778 bits per heavy atom. The molecular formula is C33H50N6O6. The Morgan fingerprint density at radius 1 is 0.489 bits per heavy atom. The molecule has 248 valence electrons. The second-order valence-corrected chi connectivity index (χ2v) is 10.8. The average Bonchev–Trinajstić information content (AvgIpc) is 3.07. The molecule has 2 aromatic carbocycles. The number of hydrogen-bond donors (Lipinski definition) is 0. The first-order valence-electron chi connectivity index (χ1n) is 15.3. The highest BCUT2D eigenvalue weighted by molar-refractivity contribution is 5.46. The third-order valence-electron chi connectivity index (χ3n) is 7.49. The number of methoxy groups -OCH3 is 4. The number of ether oxygens (including phenoxy) is 6. The number of nitrogens with zero attached hydrogens (tertiary/aromatic N) is 6. The van der Waals surface area contributed by atoms with Gasteiger partial charge in [0.1, 0.15) is 38.4 Å². The van der Waals surface area contributed by atoms with E-state index in [4.69, 9.17) is 43.4 Å². The van der Waals surface area contributed by atoms with Crippen LogP contribution in [0.2, 0.25) is 0 Å². The summed E-state index contributed by atoms with van der Waals surface area (Å²) in [4.78, 5) is 19.6. The van der Waals surface area contributed by atoms with Gasteiger partial charge >= 0.3 is 0 Å². The minimum Gasteiger partial charge on any atom is -0.473 e. The van der Waals surface area contributed by atoms with Crippen molar-refractivity contribution in [2.75, 3.05) is 83.5 Å². The molecule has 0 saturated heterocycles. The van der Waals surface area contributed by atoms with Crippen molar-refractivity contribution in [3.63, 3.8) is 0 Å². The van der Waals surface area contributed by atoms with E-state index in [2.05, 4.69) is 52.0 Å². The highest BCUT2D eigenvalue weighted by atomic mass is 16.5. The van der Waals surface area contributed by atoms with E-state index in [1.807, 2.05) is 24.3 Å². The first kappa shape index (κ1) is 35.8. The van der Waals surface area contributed by atoms with E-state index in [1.54, 1.807) is 43.1 Å². The summed E-state index contributed by atoms with van der Waals surface area (Å²) in [7, 11) is 6.39. The molecule has 0 radical (unpaired) electrons. The maximum atomic E-state index is 6.25. The van der Waals surface area contributed by atoms with Crippen molar-refractivity contribution in [1.29, 1.82) is 0 Å². The van der Waals surface area contributed by atoms with E-state index >= 15 is 0 Å². The second kappa shape index (κ2) is 18.9. The zero-order valence-electron chi connectivity index (χ0n) is 28.1. The molecule has 12 heteroatoms. The molecule has 0 aliphatic carbocycles. The molecule has 0 amide bonds. The van der Waals surface area contributed by atoms with Crippen molar-refractivity contribution in [3.8, 4) is 11.5 Å². The number of anilines is 3. The maximum Gasteiger partial charge on any atom is 0.237 e. The molecule has 3 rings (SSSR count). The van der Waals surface area contributed by atoms with E-state index in [-0.39, 0.29) is 40.4 Å². The lowest BCUT2D eigenvalue weighted by atomic mass is 9.99. The molecule has 0 bridgehead atoms. The predicted molar refractivity (Wildman–Crippen MR) is 176 cm³/mol.